The minimum atomic E-state index is 0.410. The minimum Gasteiger partial charge on any atom is -0.375 e. The Kier molecular flexibility index (Phi) is 3.53. The molecule has 0 bridgehead atoms. The van der Waals surface area contributed by atoms with Crippen LogP contribution in [0.2, 0.25) is 0 Å². The Balaban J connectivity index is 2.10. The van der Waals surface area contributed by atoms with E-state index in [1.54, 1.807) is 0 Å². The Morgan fingerprint density at radius 1 is 1.25 bits per heavy atom. The molecule has 0 spiro atoms. The molecule has 1 rings (SSSR count). The van der Waals surface area contributed by atoms with Crippen LogP contribution in [0.1, 0.15) is 33.6 Å². The summed E-state index contributed by atoms with van der Waals surface area (Å²) in [6.45, 7) is 6.58. The van der Waals surface area contributed by atoms with Crippen LogP contribution in [0.4, 0.5) is 0 Å². The zero-order valence-corrected chi connectivity index (χ0v) is 8.63. The summed E-state index contributed by atoms with van der Waals surface area (Å²) in [6, 6.07) is 0.703. The van der Waals surface area contributed by atoms with Gasteiger partial charge in [0.2, 0.25) is 0 Å². The molecular formula is C10H21NO. The molecule has 12 heavy (non-hydrogen) atoms. The maximum absolute atomic E-state index is 5.84. The van der Waals surface area contributed by atoms with Crippen LogP contribution in [0.5, 0.6) is 0 Å². The molecule has 2 nitrogen and oxygen atoms in total. The Labute approximate surface area is 75.7 Å². The highest BCUT2D eigenvalue weighted by Gasteiger charge is 2.30. The van der Waals surface area contributed by atoms with E-state index in [0.29, 0.717) is 24.2 Å². The summed E-state index contributed by atoms with van der Waals surface area (Å²) >= 11 is 0. The topological polar surface area (TPSA) is 21.3 Å². The molecule has 0 heterocycles. The molecule has 1 fully saturated rings. The highest BCUT2D eigenvalue weighted by molar-refractivity contribution is 4.85. The average Bonchev–Trinajstić information content (AvgIpc) is 1.94. The fourth-order valence-corrected chi connectivity index (χ4v) is 1.37. The van der Waals surface area contributed by atoms with E-state index in [9.17, 15) is 0 Å². The smallest absolute Gasteiger partial charge is 0.0608 e. The number of ether oxygens (including phenoxy) is 1. The standard InChI is InChI=1S/C10H21NO/c1-7(2)8(3)12-10-5-9(6-10)11-4/h7-11H,5-6H2,1-4H3. The molecule has 0 aliphatic heterocycles. The third-order valence-corrected chi connectivity index (χ3v) is 2.85. The molecular weight excluding hydrogens is 150 g/mol. The first-order valence-corrected chi connectivity index (χ1v) is 4.96. The van der Waals surface area contributed by atoms with E-state index in [4.69, 9.17) is 4.74 Å². The fraction of sp³-hybridized carbons (Fsp3) is 1.00. The molecule has 72 valence electrons. The van der Waals surface area contributed by atoms with Crippen molar-refractivity contribution in [3.05, 3.63) is 0 Å². The van der Waals surface area contributed by atoms with Crippen LogP contribution < -0.4 is 5.32 Å². The van der Waals surface area contributed by atoms with Crippen molar-refractivity contribution < 1.29 is 4.74 Å². The minimum absolute atomic E-state index is 0.410. The van der Waals surface area contributed by atoms with Crippen LogP contribution in [0.25, 0.3) is 0 Å². The van der Waals surface area contributed by atoms with Gasteiger partial charge >= 0.3 is 0 Å². The number of nitrogens with one attached hydrogen (secondary N) is 1. The van der Waals surface area contributed by atoms with E-state index in [-0.39, 0.29) is 0 Å². The normalized spacial score (nSPS) is 31.8. The second-order valence-electron chi connectivity index (χ2n) is 4.16. The number of hydrogen-bond donors (Lipinski definition) is 1. The van der Waals surface area contributed by atoms with E-state index in [0.717, 1.165) is 0 Å². The van der Waals surface area contributed by atoms with Crippen molar-refractivity contribution in [1.82, 2.24) is 5.32 Å². The molecule has 0 saturated heterocycles. The maximum Gasteiger partial charge on any atom is 0.0608 e. The van der Waals surface area contributed by atoms with Gasteiger partial charge in [-0.1, -0.05) is 13.8 Å². The van der Waals surface area contributed by atoms with Gasteiger partial charge in [-0.25, -0.2) is 0 Å². The SMILES string of the molecule is CNC1CC(OC(C)C(C)C)C1. The lowest BCUT2D eigenvalue weighted by Crippen LogP contribution is -2.45. The van der Waals surface area contributed by atoms with Crippen LogP contribution >= 0.6 is 0 Å². The molecule has 1 atom stereocenters. The molecule has 0 radical (unpaired) electrons. The zero-order chi connectivity index (χ0) is 9.14. The van der Waals surface area contributed by atoms with Crippen LogP contribution in [-0.4, -0.2) is 25.3 Å². The molecule has 1 unspecified atom stereocenters. The molecule has 1 aliphatic carbocycles. The van der Waals surface area contributed by atoms with Gasteiger partial charge in [0.15, 0.2) is 0 Å². The third kappa shape index (κ3) is 2.46. The highest BCUT2D eigenvalue weighted by Crippen LogP contribution is 2.25. The van der Waals surface area contributed by atoms with Gasteiger partial charge in [-0.3, -0.25) is 0 Å². The largest absolute Gasteiger partial charge is 0.375 e. The Bertz CT molecular complexity index is 130. The summed E-state index contributed by atoms with van der Waals surface area (Å²) in [4.78, 5) is 0. The van der Waals surface area contributed by atoms with Gasteiger partial charge in [0.25, 0.3) is 0 Å². The van der Waals surface area contributed by atoms with Gasteiger partial charge < -0.3 is 10.1 Å². The van der Waals surface area contributed by atoms with Crippen molar-refractivity contribution >= 4 is 0 Å². The van der Waals surface area contributed by atoms with Crippen LogP contribution in [-0.2, 0) is 4.74 Å². The second kappa shape index (κ2) is 4.24. The molecule has 0 aromatic carbocycles. The van der Waals surface area contributed by atoms with Crippen molar-refractivity contribution in [2.45, 2.75) is 51.9 Å². The van der Waals surface area contributed by atoms with Gasteiger partial charge in [-0.2, -0.15) is 0 Å². The highest BCUT2D eigenvalue weighted by atomic mass is 16.5. The Hall–Kier alpha value is -0.0800. The molecule has 2 heteroatoms. The molecule has 1 saturated carbocycles. The molecule has 0 aromatic heterocycles. The quantitative estimate of drug-likeness (QED) is 0.696. The predicted octanol–water partition coefficient (Wildman–Crippen LogP) is 1.80. The second-order valence-corrected chi connectivity index (χ2v) is 4.16. The molecule has 1 aliphatic rings. The first kappa shape index (κ1) is 10.0. The van der Waals surface area contributed by atoms with Crippen molar-refractivity contribution in [2.75, 3.05) is 7.05 Å². The molecule has 0 aromatic rings. The monoisotopic (exact) mass is 171 g/mol. The van der Waals surface area contributed by atoms with Crippen molar-refractivity contribution in [1.29, 1.82) is 0 Å². The van der Waals surface area contributed by atoms with E-state index < -0.39 is 0 Å². The van der Waals surface area contributed by atoms with E-state index in [1.807, 2.05) is 7.05 Å². The predicted molar refractivity (Wildman–Crippen MR) is 51.3 cm³/mol. The zero-order valence-electron chi connectivity index (χ0n) is 8.63. The van der Waals surface area contributed by atoms with Crippen molar-refractivity contribution in [3.63, 3.8) is 0 Å². The van der Waals surface area contributed by atoms with Crippen molar-refractivity contribution in [3.8, 4) is 0 Å². The van der Waals surface area contributed by atoms with Gasteiger partial charge in [-0.05, 0) is 32.7 Å². The molecule has 0 amide bonds. The van der Waals surface area contributed by atoms with Crippen LogP contribution in [0, 0.1) is 5.92 Å². The lowest BCUT2D eigenvalue weighted by atomic mass is 9.89. The number of rotatable bonds is 4. The van der Waals surface area contributed by atoms with E-state index >= 15 is 0 Å². The van der Waals surface area contributed by atoms with Gasteiger partial charge in [0, 0.05) is 6.04 Å². The van der Waals surface area contributed by atoms with Gasteiger partial charge in [-0.15, -0.1) is 0 Å². The van der Waals surface area contributed by atoms with Crippen LogP contribution in [0.15, 0.2) is 0 Å². The Morgan fingerprint density at radius 2 is 1.83 bits per heavy atom. The van der Waals surface area contributed by atoms with Crippen molar-refractivity contribution in [2.24, 2.45) is 5.92 Å². The lowest BCUT2D eigenvalue weighted by Gasteiger charge is -2.37. The third-order valence-electron chi connectivity index (χ3n) is 2.85. The first-order chi connectivity index (χ1) is 5.63. The summed E-state index contributed by atoms with van der Waals surface area (Å²) in [7, 11) is 2.02. The summed E-state index contributed by atoms with van der Waals surface area (Å²) in [5, 5.41) is 3.25. The van der Waals surface area contributed by atoms with Gasteiger partial charge in [0.1, 0.15) is 0 Å². The van der Waals surface area contributed by atoms with Gasteiger partial charge in [0.05, 0.1) is 12.2 Å². The summed E-state index contributed by atoms with van der Waals surface area (Å²) in [5.41, 5.74) is 0. The first-order valence-electron chi connectivity index (χ1n) is 4.96. The number of hydrogen-bond acceptors (Lipinski definition) is 2. The molecule has 1 N–H and O–H groups in total. The average molecular weight is 171 g/mol. The fourth-order valence-electron chi connectivity index (χ4n) is 1.37. The van der Waals surface area contributed by atoms with E-state index in [2.05, 4.69) is 26.1 Å². The summed E-state index contributed by atoms with van der Waals surface area (Å²) < 4.78 is 5.84. The van der Waals surface area contributed by atoms with E-state index in [1.165, 1.54) is 12.8 Å². The summed E-state index contributed by atoms with van der Waals surface area (Å²) in [5.74, 6) is 0.638. The Morgan fingerprint density at radius 3 is 2.25 bits per heavy atom. The summed E-state index contributed by atoms with van der Waals surface area (Å²) in [6.07, 6.45) is 3.30. The van der Waals surface area contributed by atoms with Crippen LogP contribution in [0.3, 0.4) is 0 Å². The maximum atomic E-state index is 5.84. The lowest BCUT2D eigenvalue weighted by molar-refractivity contribution is -0.0724.